The van der Waals surface area contributed by atoms with Gasteiger partial charge in [-0.1, -0.05) is 0 Å². The largest absolute Gasteiger partial charge is 0.481 e. The standard InChI is InChI=1S/C14H18N2O3/c1-9-15-11-7-10(5-6-12(11)19-9)16(4)8-14(2,3)13(17)18/h5-7H,8H2,1-4H3,(H,17,18). The first-order valence-corrected chi connectivity index (χ1v) is 6.11. The van der Waals surface area contributed by atoms with Crippen LogP contribution in [0.25, 0.3) is 11.1 Å². The van der Waals surface area contributed by atoms with Crippen LogP contribution in [-0.4, -0.2) is 29.7 Å². The maximum absolute atomic E-state index is 11.1. The van der Waals surface area contributed by atoms with E-state index >= 15 is 0 Å². The van der Waals surface area contributed by atoms with Crippen LogP contribution in [-0.2, 0) is 4.79 Å². The number of aryl methyl sites for hydroxylation is 1. The van der Waals surface area contributed by atoms with Crippen molar-refractivity contribution in [3.63, 3.8) is 0 Å². The molecule has 0 fully saturated rings. The van der Waals surface area contributed by atoms with Gasteiger partial charge in [-0.3, -0.25) is 4.79 Å². The van der Waals surface area contributed by atoms with Gasteiger partial charge in [0.2, 0.25) is 0 Å². The Hall–Kier alpha value is -2.04. The first kappa shape index (κ1) is 13.4. The van der Waals surface area contributed by atoms with Crippen molar-refractivity contribution >= 4 is 22.8 Å². The summed E-state index contributed by atoms with van der Waals surface area (Å²) in [6.45, 7) is 5.65. The molecule has 5 heteroatoms. The lowest BCUT2D eigenvalue weighted by Crippen LogP contribution is -2.37. The SMILES string of the molecule is Cc1nc2cc(N(C)CC(C)(C)C(=O)O)ccc2o1. The van der Waals surface area contributed by atoms with Gasteiger partial charge in [0.05, 0.1) is 5.41 Å². The molecule has 0 bridgehead atoms. The summed E-state index contributed by atoms with van der Waals surface area (Å²) in [7, 11) is 1.87. The molecule has 0 aliphatic carbocycles. The van der Waals surface area contributed by atoms with Crippen LogP contribution in [0.5, 0.6) is 0 Å². The van der Waals surface area contributed by atoms with E-state index in [1.54, 1.807) is 20.8 Å². The Morgan fingerprint density at radius 1 is 1.47 bits per heavy atom. The quantitative estimate of drug-likeness (QED) is 0.917. The fraction of sp³-hybridized carbons (Fsp3) is 0.429. The fourth-order valence-electron chi connectivity index (χ4n) is 2.02. The van der Waals surface area contributed by atoms with Crippen LogP contribution < -0.4 is 4.90 Å². The van der Waals surface area contributed by atoms with Gasteiger partial charge < -0.3 is 14.4 Å². The lowest BCUT2D eigenvalue weighted by molar-refractivity contribution is -0.146. The molecule has 1 heterocycles. The molecule has 1 aromatic heterocycles. The van der Waals surface area contributed by atoms with Gasteiger partial charge in [0.15, 0.2) is 11.5 Å². The second kappa shape index (κ2) is 4.57. The first-order valence-electron chi connectivity index (χ1n) is 6.11. The number of hydrogen-bond donors (Lipinski definition) is 1. The van der Waals surface area contributed by atoms with E-state index in [0.29, 0.717) is 12.4 Å². The highest BCUT2D eigenvalue weighted by atomic mass is 16.4. The Labute approximate surface area is 111 Å². The van der Waals surface area contributed by atoms with E-state index in [-0.39, 0.29) is 0 Å². The number of rotatable bonds is 4. The number of anilines is 1. The molecule has 2 aromatic rings. The zero-order chi connectivity index (χ0) is 14.2. The maximum Gasteiger partial charge on any atom is 0.310 e. The number of hydrogen-bond acceptors (Lipinski definition) is 4. The van der Waals surface area contributed by atoms with Gasteiger partial charge in [-0.15, -0.1) is 0 Å². The van der Waals surface area contributed by atoms with E-state index < -0.39 is 11.4 Å². The summed E-state index contributed by atoms with van der Waals surface area (Å²) < 4.78 is 5.42. The van der Waals surface area contributed by atoms with Crippen molar-refractivity contribution in [3.8, 4) is 0 Å². The zero-order valence-corrected chi connectivity index (χ0v) is 11.6. The minimum absolute atomic E-state index is 0.421. The van der Waals surface area contributed by atoms with E-state index in [0.717, 1.165) is 16.8 Å². The van der Waals surface area contributed by atoms with E-state index in [2.05, 4.69) is 4.98 Å². The van der Waals surface area contributed by atoms with Crippen molar-refractivity contribution in [2.45, 2.75) is 20.8 Å². The zero-order valence-electron chi connectivity index (χ0n) is 11.6. The van der Waals surface area contributed by atoms with Crippen LogP contribution in [0.3, 0.4) is 0 Å². The lowest BCUT2D eigenvalue weighted by atomic mass is 9.93. The molecule has 2 rings (SSSR count). The summed E-state index contributed by atoms with van der Waals surface area (Å²) in [5.41, 5.74) is 1.65. The van der Waals surface area contributed by atoms with Gasteiger partial charge in [0, 0.05) is 26.2 Å². The molecule has 1 aromatic carbocycles. The molecule has 19 heavy (non-hydrogen) atoms. The van der Waals surface area contributed by atoms with E-state index in [4.69, 9.17) is 9.52 Å². The summed E-state index contributed by atoms with van der Waals surface area (Å²) >= 11 is 0. The predicted molar refractivity (Wildman–Crippen MR) is 73.4 cm³/mol. The molecule has 0 unspecified atom stereocenters. The Bertz CT molecular complexity index is 616. The third-order valence-corrected chi connectivity index (χ3v) is 3.13. The van der Waals surface area contributed by atoms with Crippen LogP contribution in [0.15, 0.2) is 22.6 Å². The van der Waals surface area contributed by atoms with Crippen LogP contribution in [0.4, 0.5) is 5.69 Å². The summed E-state index contributed by atoms with van der Waals surface area (Å²) in [6.07, 6.45) is 0. The molecule has 102 valence electrons. The van der Waals surface area contributed by atoms with Crippen molar-refractivity contribution in [3.05, 3.63) is 24.1 Å². The average Bonchev–Trinajstić information content (AvgIpc) is 2.66. The normalized spacial score (nSPS) is 11.8. The molecule has 0 atom stereocenters. The number of nitrogens with zero attached hydrogens (tertiary/aromatic N) is 2. The number of oxazole rings is 1. The Morgan fingerprint density at radius 3 is 2.79 bits per heavy atom. The van der Waals surface area contributed by atoms with Gasteiger partial charge in [-0.25, -0.2) is 4.98 Å². The first-order chi connectivity index (χ1) is 8.79. The van der Waals surface area contributed by atoms with Gasteiger partial charge >= 0.3 is 5.97 Å². The molecule has 0 radical (unpaired) electrons. The Morgan fingerprint density at radius 2 is 2.16 bits per heavy atom. The van der Waals surface area contributed by atoms with Gasteiger partial charge in [0.1, 0.15) is 5.52 Å². The Kier molecular flexibility index (Phi) is 3.22. The highest BCUT2D eigenvalue weighted by molar-refractivity contribution is 5.78. The highest BCUT2D eigenvalue weighted by Gasteiger charge is 2.28. The van der Waals surface area contributed by atoms with Gasteiger partial charge in [-0.05, 0) is 32.0 Å². The molecular formula is C14H18N2O3. The molecule has 0 saturated heterocycles. The van der Waals surface area contributed by atoms with Crippen LogP contribution in [0.2, 0.25) is 0 Å². The molecule has 0 saturated carbocycles. The minimum atomic E-state index is -0.808. The molecule has 1 N–H and O–H groups in total. The molecule has 0 spiro atoms. The Balaban J connectivity index is 2.26. The summed E-state index contributed by atoms with van der Waals surface area (Å²) in [5, 5.41) is 9.16. The summed E-state index contributed by atoms with van der Waals surface area (Å²) in [5.74, 6) is -0.182. The van der Waals surface area contributed by atoms with E-state index in [1.807, 2.05) is 30.1 Å². The third kappa shape index (κ3) is 2.70. The lowest BCUT2D eigenvalue weighted by Gasteiger charge is -2.28. The summed E-state index contributed by atoms with van der Waals surface area (Å²) in [6, 6.07) is 5.67. The number of aromatic nitrogens is 1. The van der Waals surface area contributed by atoms with Crippen LogP contribution >= 0.6 is 0 Å². The topological polar surface area (TPSA) is 66.6 Å². The molecule has 5 nitrogen and oxygen atoms in total. The minimum Gasteiger partial charge on any atom is -0.481 e. The molecule has 0 aliphatic heterocycles. The van der Waals surface area contributed by atoms with E-state index in [1.165, 1.54) is 0 Å². The fourth-order valence-corrected chi connectivity index (χ4v) is 2.02. The monoisotopic (exact) mass is 262 g/mol. The van der Waals surface area contributed by atoms with E-state index in [9.17, 15) is 4.79 Å². The number of fused-ring (bicyclic) bond motifs is 1. The molecule has 0 amide bonds. The van der Waals surface area contributed by atoms with Crippen LogP contribution in [0, 0.1) is 12.3 Å². The van der Waals surface area contributed by atoms with Crippen molar-refractivity contribution in [1.29, 1.82) is 0 Å². The predicted octanol–water partition coefficient (Wildman–Crippen LogP) is 2.68. The smallest absolute Gasteiger partial charge is 0.310 e. The molecular weight excluding hydrogens is 244 g/mol. The average molecular weight is 262 g/mol. The number of carboxylic acid groups (broad SMARTS) is 1. The summed E-state index contributed by atoms with van der Waals surface area (Å²) in [4.78, 5) is 17.3. The van der Waals surface area contributed by atoms with Crippen molar-refractivity contribution < 1.29 is 14.3 Å². The van der Waals surface area contributed by atoms with Crippen LogP contribution in [0.1, 0.15) is 19.7 Å². The number of carbonyl (C=O) groups is 1. The number of carboxylic acids is 1. The second-order valence-electron chi connectivity index (χ2n) is 5.43. The maximum atomic E-state index is 11.1. The second-order valence-corrected chi connectivity index (χ2v) is 5.43. The number of aliphatic carboxylic acids is 1. The third-order valence-electron chi connectivity index (χ3n) is 3.13. The van der Waals surface area contributed by atoms with Crippen molar-refractivity contribution in [1.82, 2.24) is 4.98 Å². The van der Waals surface area contributed by atoms with Crippen molar-refractivity contribution in [2.24, 2.45) is 5.41 Å². The van der Waals surface area contributed by atoms with Crippen molar-refractivity contribution in [2.75, 3.05) is 18.5 Å². The highest BCUT2D eigenvalue weighted by Crippen LogP contribution is 2.25. The molecule has 0 aliphatic rings. The van der Waals surface area contributed by atoms with Gasteiger partial charge in [-0.2, -0.15) is 0 Å². The van der Waals surface area contributed by atoms with Gasteiger partial charge in [0.25, 0.3) is 0 Å². The number of benzene rings is 1.